The molecule has 0 spiro atoms. The third kappa shape index (κ3) is 6.27. The normalized spacial score (nSPS) is 19.3. The second-order valence-corrected chi connectivity index (χ2v) is 12.2. The zero-order chi connectivity index (χ0) is 32.6. The third-order valence-electron chi connectivity index (χ3n) is 9.17. The van der Waals surface area contributed by atoms with Crippen LogP contribution < -0.4 is 15.6 Å². The number of rotatable bonds is 9. The lowest BCUT2D eigenvalue weighted by atomic mass is 9.84. The van der Waals surface area contributed by atoms with Crippen molar-refractivity contribution >= 4 is 22.6 Å². The minimum atomic E-state index is -2.95. The second kappa shape index (κ2) is 13.0. The van der Waals surface area contributed by atoms with Gasteiger partial charge in [-0.1, -0.05) is 18.2 Å². The van der Waals surface area contributed by atoms with Crippen molar-refractivity contribution in [2.45, 2.75) is 71.1 Å². The standard InChI is InChI=1S/C33H42F3N5O4/c1-7-44-33(12-15-41(16-13-33)21(4)42)26-17-25-28(40(6)32(26)43)29(45-22-11-14-39(5)18-22)20(3)38-31(25)37-19(2)23-9-8-10-24(27(23)34)30(35)36/h8-10,17,19,22,30H,7,11-16,18H2,1-6H3,(H,37,38)/t19-,22-/m1/s1. The Labute approximate surface area is 261 Å². The Kier molecular flexibility index (Phi) is 9.46. The zero-order valence-electron chi connectivity index (χ0n) is 26.8. The highest BCUT2D eigenvalue weighted by molar-refractivity contribution is 5.95. The van der Waals surface area contributed by atoms with E-state index in [9.17, 15) is 18.4 Å². The molecule has 0 saturated carbocycles. The molecule has 45 heavy (non-hydrogen) atoms. The minimum absolute atomic E-state index is 0.0332. The van der Waals surface area contributed by atoms with E-state index in [-0.39, 0.29) is 23.1 Å². The van der Waals surface area contributed by atoms with Crippen LogP contribution in [0.25, 0.3) is 10.9 Å². The zero-order valence-corrected chi connectivity index (χ0v) is 26.8. The average molecular weight is 630 g/mol. The highest BCUT2D eigenvalue weighted by Crippen LogP contribution is 2.41. The Morgan fingerprint density at radius 3 is 2.47 bits per heavy atom. The highest BCUT2D eigenvalue weighted by atomic mass is 19.3. The number of fused-ring (bicyclic) bond motifs is 1. The van der Waals surface area contributed by atoms with Crippen molar-refractivity contribution in [1.29, 1.82) is 0 Å². The number of aromatic nitrogens is 2. The van der Waals surface area contributed by atoms with E-state index in [1.165, 1.54) is 19.1 Å². The lowest BCUT2D eigenvalue weighted by molar-refractivity contribution is -0.136. The maximum absolute atomic E-state index is 15.2. The first-order valence-electron chi connectivity index (χ1n) is 15.5. The molecule has 3 aromatic rings. The van der Waals surface area contributed by atoms with Gasteiger partial charge in [-0.3, -0.25) is 9.59 Å². The number of carbonyl (C=O) groups excluding carboxylic acids is 1. The van der Waals surface area contributed by atoms with E-state index < -0.39 is 29.4 Å². The number of benzene rings is 1. The first kappa shape index (κ1) is 32.7. The molecule has 0 radical (unpaired) electrons. The van der Waals surface area contributed by atoms with Gasteiger partial charge in [0.1, 0.15) is 23.3 Å². The van der Waals surface area contributed by atoms with Crippen LogP contribution in [-0.2, 0) is 22.2 Å². The average Bonchev–Trinajstić information content (AvgIpc) is 3.41. The molecule has 0 aliphatic carbocycles. The van der Waals surface area contributed by atoms with Crippen molar-refractivity contribution in [3.8, 4) is 5.75 Å². The maximum Gasteiger partial charge on any atom is 0.266 e. The number of piperidine rings is 1. The lowest BCUT2D eigenvalue weighted by Crippen LogP contribution is -2.48. The van der Waals surface area contributed by atoms with Gasteiger partial charge in [0, 0.05) is 57.7 Å². The molecule has 4 heterocycles. The van der Waals surface area contributed by atoms with E-state index in [1.807, 2.05) is 14.0 Å². The van der Waals surface area contributed by atoms with Gasteiger partial charge in [-0.2, -0.15) is 0 Å². The molecule has 9 nitrogen and oxygen atoms in total. The van der Waals surface area contributed by atoms with Crippen LogP contribution in [0.3, 0.4) is 0 Å². The molecule has 0 bridgehead atoms. The van der Waals surface area contributed by atoms with Crippen LogP contribution >= 0.6 is 0 Å². The monoisotopic (exact) mass is 629 g/mol. The molecule has 2 fully saturated rings. The van der Waals surface area contributed by atoms with Crippen molar-refractivity contribution in [3.63, 3.8) is 0 Å². The van der Waals surface area contributed by atoms with Crippen molar-refractivity contribution in [2.24, 2.45) is 7.05 Å². The molecule has 12 heteroatoms. The fourth-order valence-electron chi connectivity index (χ4n) is 6.68. The second-order valence-electron chi connectivity index (χ2n) is 12.2. The van der Waals surface area contributed by atoms with Gasteiger partial charge in [0.25, 0.3) is 12.0 Å². The Bertz CT molecular complexity index is 1640. The van der Waals surface area contributed by atoms with Crippen molar-refractivity contribution in [1.82, 2.24) is 19.4 Å². The Morgan fingerprint density at radius 1 is 1.18 bits per heavy atom. The number of pyridine rings is 2. The van der Waals surface area contributed by atoms with Crippen LogP contribution in [0.2, 0.25) is 0 Å². The van der Waals surface area contributed by atoms with Gasteiger partial charge in [0.15, 0.2) is 5.75 Å². The van der Waals surface area contributed by atoms with Crippen LogP contribution in [-0.4, -0.2) is 71.2 Å². The summed E-state index contributed by atoms with van der Waals surface area (Å²) in [6, 6.07) is 4.99. The first-order chi connectivity index (χ1) is 21.4. The third-order valence-corrected chi connectivity index (χ3v) is 9.17. The van der Waals surface area contributed by atoms with E-state index in [0.717, 1.165) is 25.6 Å². The van der Waals surface area contributed by atoms with E-state index in [4.69, 9.17) is 14.5 Å². The number of likely N-dealkylation sites (N-methyl/N-ethyl adjacent to an activating group) is 1. The fourth-order valence-corrected chi connectivity index (χ4v) is 6.68. The lowest BCUT2D eigenvalue weighted by Gasteiger charge is -2.41. The fraction of sp³-hybridized carbons (Fsp3) is 0.545. The van der Waals surface area contributed by atoms with Crippen molar-refractivity contribution < 1.29 is 27.4 Å². The summed E-state index contributed by atoms with van der Waals surface area (Å²) in [5.41, 5.74) is -0.296. The Morgan fingerprint density at radius 2 is 1.87 bits per heavy atom. The molecule has 1 amide bonds. The summed E-state index contributed by atoms with van der Waals surface area (Å²) >= 11 is 0. The van der Waals surface area contributed by atoms with Gasteiger partial charge in [0.05, 0.1) is 28.4 Å². The summed E-state index contributed by atoms with van der Waals surface area (Å²) in [6.45, 7) is 9.71. The van der Waals surface area contributed by atoms with Gasteiger partial charge in [-0.15, -0.1) is 0 Å². The number of nitrogens with one attached hydrogen (secondary N) is 1. The number of anilines is 1. The topological polar surface area (TPSA) is 88.9 Å². The minimum Gasteiger partial charge on any atom is -0.485 e. The summed E-state index contributed by atoms with van der Waals surface area (Å²) in [5.74, 6) is -0.164. The van der Waals surface area contributed by atoms with Gasteiger partial charge < -0.3 is 29.2 Å². The molecule has 1 N–H and O–H groups in total. The molecule has 2 saturated heterocycles. The van der Waals surface area contributed by atoms with Gasteiger partial charge >= 0.3 is 0 Å². The van der Waals surface area contributed by atoms with Crippen molar-refractivity contribution in [2.75, 3.05) is 45.2 Å². The van der Waals surface area contributed by atoms with Crippen LogP contribution in [0, 0.1) is 12.7 Å². The van der Waals surface area contributed by atoms with Crippen LogP contribution in [0.1, 0.15) is 74.9 Å². The number of hydrogen-bond donors (Lipinski definition) is 1. The number of likely N-dealkylation sites (tertiary alicyclic amines) is 2. The highest BCUT2D eigenvalue weighted by Gasteiger charge is 2.41. The molecule has 2 aliphatic heterocycles. The molecular weight excluding hydrogens is 587 g/mol. The predicted molar refractivity (Wildman–Crippen MR) is 166 cm³/mol. The van der Waals surface area contributed by atoms with Crippen LogP contribution in [0.4, 0.5) is 19.0 Å². The molecule has 5 rings (SSSR count). The number of ether oxygens (including phenoxy) is 2. The molecular formula is C33H42F3N5O4. The number of alkyl halides is 2. The van der Waals surface area contributed by atoms with E-state index in [2.05, 4.69) is 10.2 Å². The number of halogens is 3. The Hall–Kier alpha value is -3.64. The Balaban J connectivity index is 1.68. The number of nitrogens with zero attached hydrogens (tertiary/aromatic N) is 4. The quantitative estimate of drug-likeness (QED) is 0.337. The number of hydrogen-bond acceptors (Lipinski definition) is 7. The summed E-state index contributed by atoms with van der Waals surface area (Å²) < 4.78 is 56.6. The van der Waals surface area contributed by atoms with Crippen LogP contribution in [0.5, 0.6) is 5.75 Å². The van der Waals surface area contributed by atoms with Crippen molar-refractivity contribution in [3.05, 3.63) is 62.8 Å². The molecule has 1 aromatic carbocycles. The molecule has 2 aromatic heterocycles. The number of carbonyl (C=O) groups is 1. The molecule has 2 aliphatic rings. The summed E-state index contributed by atoms with van der Waals surface area (Å²) in [4.78, 5) is 35.1. The maximum atomic E-state index is 15.2. The first-order valence-corrected chi connectivity index (χ1v) is 15.5. The van der Waals surface area contributed by atoms with Gasteiger partial charge in [-0.05, 0) is 53.1 Å². The summed E-state index contributed by atoms with van der Waals surface area (Å²) in [7, 11) is 3.71. The van der Waals surface area contributed by atoms with E-state index >= 15 is 4.39 Å². The van der Waals surface area contributed by atoms with E-state index in [0.29, 0.717) is 66.3 Å². The van der Waals surface area contributed by atoms with Crippen LogP contribution in [0.15, 0.2) is 29.1 Å². The summed E-state index contributed by atoms with van der Waals surface area (Å²) in [5, 5.41) is 3.81. The smallest absolute Gasteiger partial charge is 0.266 e. The molecule has 244 valence electrons. The summed E-state index contributed by atoms with van der Waals surface area (Å²) in [6.07, 6.45) is -1.36. The van der Waals surface area contributed by atoms with Gasteiger partial charge in [-0.25, -0.2) is 18.2 Å². The predicted octanol–water partition coefficient (Wildman–Crippen LogP) is 5.45. The SMILES string of the molecule is CCOC1(c2cc3c(N[C@H](C)c4cccc(C(F)F)c4F)nc(C)c(O[C@@H]4CCN(C)C4)c3n(C)c2=O)CCN(C(C)=O)CC1. The number of aryl methyl sites for hydroxylation is 2. The van der Waals surface area contributed by atoms with E-state index in [1.54, 1.807) is 36.4 Å². The van der Waals surface area contributed by atoms with Gasteiger partial charge in [0.2, 0.25) is 5.91 Å². The number of amides is 1. The molecule has 0 unspecified atom stereocenters. The molecule has 2 atom stereocenters. The largest absolute Gasteiger partial charge is 0.485 e.